The molecule has 90 valence electrons. The lowest BCUT2D eigenvalue weighted by Crippen LogP contribution is -2.31. The monoisotopic (exact) mass is 239 g/mol. The summed E-state index contributed by atoms with van der Waals surface area (Å²) in [5, 5.41) is 3.38. The van der Waals surface area contributed by atoms with Gasteiger partial charge >= 0.3 is 0 Å². The number of aryl methyl sites for hydroxylation is 1. The third kappa shape index (κ3) is 5.42. The van der Waals surface area contributed by atoms with E-state index in [4.69, 9.17) is 0 Å². The average Bonchev–Trinajstić information content (AvgIpc) is 2.21. The molecule has 2 nitrogen and oxygen atoms in total. The molecule has 0 aromatic heterocycles. The molecule has 16 heavy (non-hydrogen) atoms. The topological polar surface area (TPSA) is 29.1 Å². The van der Waals surface area contributed by atoms with Gasteiger partial charge in [0.25, 0.3) is 0 Å². The molecule has 1 rings (SSSR count). The van der Waals surface area contributed by atoms with Gasteiger partial charge in [0.1, 0.15) is 0 Å². The van der Waals surface area contributed by atoms with E-state index >= 15 is 0 Å². The van der Waals surface area contributed by atoms with Crippen LogP contribution in [0.2, 0.25) is 0 Å². The van der Waals surface area contributed by atoms with Crippen molar-refractivity contribution in [2.24, 2.45) is 0 Å². The molecule has 3 heteroatoms. The van der Waals surface area contributed by atoms with Crippen molar-refractivity contribution in [2.75, 3.05) is 18.6 Å². The zero-order valence-electron chi connectivity index (χ0n) is 10.3. The first-order valence-corrected chi connectivity index (χ1v) is 7.39. The van der Waals surface area contributed by atoms with Crippen molar-refractivity contribution < 1.29 is 4.21 Å². The number of rotatable bonds is 6. The molecule has 1 aromatic carbocycles. The molecule has 0 aliphatic carbocycles. The molecule has 0 aliphatic heterocycles. The average molecular weight is 239 g/mol. The normalized spacial score (nSPS) is 14.7. The Morgan fingerprint density at radius 1 is 1.31 bits per heavy atom. The predicted molar refractivity (Wildman–Crippen MR) is 71.3 cm³/mol. The molecule has 0 amide bonds. The Balaban J connectivity index is 2.31. The number of hydrogen-bond donors (Lipinski definition) is 1. The Bertz CT molecular complexity index is 334. The third-order valence-electron chi connectivity index (χ3n) is 2.54. The van der Waals surface area contributed by atoms with Gasteiger partial charge in [-0.1, -0.05) is 29.8 Å². The standard InChI is InChI=1S/C13H21NOS/c1-11-4-6-13(7-5-11)10-12(2)14-8-9-16(3)15/h4-7,12,14H,8-10H2,1-3H3. The number of nitrogens with one attached hydrogen (secondary N) is 1. The van der Waals surface area contributed by atoms with Crippen LogP contribution < -0.4 is 5.32 Å². The largest absolute Gasteiger partial charge is 0.313 e. The van der Waals surface area contributed by atoms with E-state index in [0.29, 0.717) is 6.04 Å². The minimum Gasteiger partial charge on any atom is -0.313 e. The fraction of sp³-hybridized carbons (Fsp3) is 0.538. The summed E-state index contributed by atoms with van der Waals surface area (Å²) in [6.07, 6.45) is 2.77. The van der Waals surface area contributed by atoms with Gasteiger partial charge in [0.2, 0.25) is 0 Å². The first-order valence-electron chi connectivity index (χ1n) is 5.67. The van der Waals surface area contributed by atoms with Gasteiger partial charge < -0.3 is 5.32 Å². The van der Waals surface area contributed by atoms with Crippen LogP contribution in [0.5, 0.6) is 0 Å². The molecule has 0 spiro atoms. The summed E-state index contributed by atoms with van der Waals surface area (Å²) >= 11 is 0. The fourth-order valence-electron chi connectivity index (χ4n) is 1.60. The van der Waals surface area contributed by atoms with E-state index in [-0.39, 0.29) is 0 Å². The summed E-state index contributed by atoms with van der Waals surface area (Å²) in [4.78, 5) is 0. The van der Waals surface area contributed by atoms with Crippen LogP contribution >= 0.6 is 0 Å². The zero-order valence-corrected chi connectivity index (χ0v) is 11.1. The van der Waals surface area contributed by atoms with Crippen LogP contribution in [0.1, 0.15) is 18.1 Å². The Kier molecular flexibility index (Phi) is 5.71. The van der Waals surface area contributed by atoms with Gasteiger partial charge in [-0.3, -0.25) is 4.21 Å². The van der Waals surface area contributed by atoms with Crippen molar-refractivity contribution in [3.8, 4) is 0 Å². The second kappa shape index (κ2) is 6.81. The van der Waals surface area contributed by atoms with Crippen molar-refractivity contribution in [1.82, 2.24) is 5.32 Å². The van der Waals surface area contributed by atoms with Crippen LogP contribution in [0.25, 0.3) is 0 Å². The summed E-state index contributed by atoms with van der Waals surface area (Å²) in [5.74, 6) is 0.734. The molecule has 1 N–H and O–H groups in total. The first kappa shape index (κ1) is 13.4. The molecule has 0 radical (unpaired) electrons. The SMILES string of the molecule is Cc1ccc(CC(C)NCCS(C)=O)cc1. The highest BCUT2D eigenvalue weighted by Gasteiger charge is 2.02. The van der Waals surface area contributed by atoms with Crippen LogP contribution in [0.3, 0.4) is 0 Å². The minimum absolute atomic E-state index is 0.436. The maximum Gasteiger partial charge on any atom is 0.0357 e. The Labute approximate surface area is 101 Å². The Morgan fingerprint density at radius 3 is 2.50 bits per heavy atom. The molecule has 0 bridgehead atoms. The van der Waals surface area contributed by atoms with E-state index in [1.54, 1.807) is 6.26 Å². The van der Waals surface area contributed by atoms with Crippen LogP contribution in [0, 0.1) is 6.92 Å². The van der Waals surface area contributed by atoms with Gasteiger partial charge in [-0.2, -0.15) is 0 Å². The molecule has 0 saturated carbocycles. The molecular weight excluding hydrogens is 218 g/mol. The van der Waals surface area contributed by atoms with E-state index in [1.165, 1.54) is 11.1 Å². The van der Waals surface area contributed by atoms with E-state index in [1.807, 2.05) is 0 Å². The van der Waals surface area contributed by atoms with Gasteiger partial charge in [0, 0.05) is 35.4 Å². The van der Waals surface area contributed by atoms with Crippen molar-refractivity contribution in [1.29, 1.82) is 0 Å². The summed E-state index contributed by atoms with van der Waals surface area (Å²) in [6, 6.07) is 9.06. The highest BCUT2D eigenvalue weighted by Crippen LogP contribution is 2.05. The summed E-state index contributed by atoms with van der Waals surface area (Å²) in [5.41, 5.74) is 2.65. The van der Waals surface area contributed by atoms with E-state index in [2.05, 4.69) is 43.4 Å². The Hall–Kier alpha value is -0.670. The molecule has 2 atom stereocenters. The van der Waals surface area contributed by atoms with Gasteiger partial charge in [-0.05, 0) is 25.8 Å². The zero-order chi connectivity index (χ0) is 12.0. The molecule has 1 aromatic rings. The van der Waals surface area contributed by atoms with Crippen molar-refractivity contribution >= 4 is 10.8 Å². The smallest absolute Gasteiger partial charge is 0.0357 e. The lowest BCUT2D eigenvalue weighted by atomic mass is 10.1. The maximum atomic E-state index is 10.9. The van der Waals surface area contributed by atoms with Crippen LogP contribution in [-0.2, 0) is 17.2 Å². The highest BCUT2D eigenvalue weighted by atomic mass is 32.2. The van der Waals surface area contributed by atoms with Crippen molar-refractivity contribution in [2.45, 2.75) is 26.3 Å². The molecular formula is C13H21NOS. The highest BCUT2D eigenvalue weighted by molar-refractivity contribution is 7.84. The lowest BCUT2D eigenvalue weighted by molar-refractivity contribution is 0.565. The summed E-state index contributed by atoms with van der Waals surface area (Å²) in [6.45, 7) is 5.09. The van der Waals surface area contributed by atoms with Crippen molar-refractivity contribution in [3.63, 3.8) is 0 Å². The second-order valence-electron chi connectivity index (χ2n) is 4.32. The fourth-order valence-corrected chi connectivity index (χ4v) is 2.00. The summed E-state index contributed by atoms with van der Waals surface area (Å²) in [7, 11) is -0.694. The second-order valence-corrected chi connectivity index (χ2v) is 5.88. The minimum atomic E-state index is -0.694. The Morgan fingerprint density at radius 2 is 1.94 bits per heavy atom. The molecule has 2 unspecified atom stereocenters. The van der Waals surface area contributed by atoms with Gasteiger partial charge in [0.15, 0.2) is 0 Å². The third-order valence-corrected chi connectivity index (χ3v) is 3.32. The lowest BCUT2D eigenvalue weighted by Gasteiger charge is -2.13. The molecule has 0 saturated heterocycles. The van der Waals surface area contributed by atoms with E-state index in [0.717, 1.165) is 18.7 Å². The quantitative estimate of drug-likeness (QED) is 0.821. The van der Waals surface area contributed by atoms with Gasteiger partial charge in [-0.15, -0.1) is 0 Å². The molecule has 0 heterocycles. The van der Waals surface area contributed by atoms with Gasteiger partial charge in [-0.25, -0.2) is 0 Å². The summed E-state index contributed by atoms with van der Waals surface area (Å²) < 4.78 is 10.9. The van der Waals surface area contributed by atoms with E-state index < -0.39 is 10.8 Å². The van der Waals surface area contributed by atoms with Crippen molar-refractivity contribution in [3.05, 3.63) is 35.4 Å². The number of benzene rings is 1. The predicted octanol–water partition coefficient (Wildman–Crippen LogP) is 1.89. The maximum absolute atomic E-state index is 10.9. The van der Waals surface area contributed by atoms with E-state index in [9.17, 15) is 4.21 Å². The van der Waals surface area contributed by atoms with Crippen LogP contribution in [-0.4, -0.2) is 28.8 Å². The molecule has 0 fully saturated rings. The van der Waals surface area contributed by atoms with Crippen LogP contribution in [0.4, 0.5) is 0 Å². The van der Waals surface area contributed by atoms with Crippen LogP contribution in [0.15, 0.2) is 24.3 Å². The first-order chi connectivity index (χ1) is 7.58. The number of hydrogen-bond acceptors (Lipinski definition) is 2. The van der Waals surface area contributed by atoms with Gasteiger partial charge in [0.05, 0.1) is 0 Å². The molecule has 0 aliphatic rings.